The molecule has 2 aromatic carbocycles. The van der Waals surface area contributed by atoms with Gasteiger partial charge in [-0.05, 0) is 36.8 Å². The van der Waals surface area contributed by atoms with E-state index >= 15 is 0 Å². The molecule has 0 amide bonds. The maximum Gasteiger partial charge on any atom is 0.194 e. The molecule has 8 heteroatoms. The molecular weight excluding hydrogens is 521 g/mol. The first-order chi connectivity index (χ1) is 15.1. The van der Waals surface area contributed by atoms with Gasteiger partial charge in [-0.1, -0.05) is 18.2 Å². The molecule has 0 saturated carbocycles. The van der Waals surface area contributed by atoms with E-state index in [-0.39, 0.29) is 36.6 Å². The van der Waals surface area contributed by atoms with E-state index in [4.69, 9.17) is 19.2 Å². The van der Waals surface area contributed by atoms with Crippen LogP contribution in [-0.2, 0) is 0 Å². The molecule has 0 bridgehead atoms. The number of rotatable bonds is 8. The van der Waals surface area contributed by atoms with Crippen molar-refractivity contribution in [1.82, 2.24) is 10.2 Å². The normalized spacial score (nSPS) is 15.5. The molecule has 0 spiro atoms. The van der Waals surface area contributed by atoms with E-state index in [1.54, 1.807) is 20.3 Å². The number of nitrogens with one attached hydrogen (secondary N) is 1. The van der Waals surface area contributed by atoms with Crippen molar-refractivity contribution in [3.63, 3.8) is 0 Å². The van der Waals surface area contributed by atoms with Crippen LogP contribution in [0.5, 0.6) is 17.2 Å². The second-order valence-electron chi connectivity index (χ2n) is 7.47. The average molecular weight is 555 g/mol. The second-order valence-corrected chi connectivity index (χ2v) is 7.47. The van der Waals surface area contributed by atoms with Gasteiger partial charge in [-0.3, -0.25) is 4.99 Å². The molecule has 2 aromatic rings. The largest absolute Gasteiger partial charge is 0.497 e. The van der Waals surface area contributed by atoms with E-state index in [1.807, 2.05) is 49.4 Å². The summed E-state index contributed by atoms with van der Waals surface area (Å²) >= 11 is 0. The van der Waals surface area contributed by atoms with E-state index in [1.165, 1.54) is 0 Å². The van der Waals surface area contributed by atoms with Crippen LogP contribution in [-0.4, -0.2) is 62.5 Å². The number of halogens is 1. The third-order valence-electron chi connectivity index (χ3n) is 5.29. The summed E-state index contributed by atoms with van der Waals surface area (Å²) < 4.78 is 16.7. The van der Waals surface area contributed by atoms with Crippen molar-refractivity contribution in [3.8, 4) is 17.2 Å². The number of piperidine rings is 1. The lowest BCUT2D eigenvalue weighted by Crippen LogP contribution is -2.47. The molecular formula is C24H34IN3O4. The first kappa shape index (κ1) is 26.1. The van der Waals surface area contributed by atoms with Gasteiger partial charge in [0.2, 0.25) is 0 Å². The van der Waals surface area contributed by atoms with Crippen LogP contribution < -0.4 is 19.5 Å². The van der Waals surface area contributed by atoms with Gasteiger partial charge < -0.3 is 29.5 Å². The molecule has 7 nitrogen and oxygen atoms in total. The molecule has 2 N–H and O–H groups in total. The van der Waals surface area contributed by atoms with Gasteiger partial charge in [0, 0.05) is 38.5 Å². The summed E-state index contributed by atoms with van der Waals surface area (Å²) in [5, 5.41) is 14.0. The van der Waals surface area contributed by atoms with Gasteiger partial charge in [0.15, 0.2) is 5.96 Å². The summed E-state index contributed by atoms with van der Waals surface area (Å²) in [7, 11) is 3.19. The van der Waals surface area contributed by atoms with Gasteiger partial charge in [0.05, 0.1) is 26.9 Å². The van der Waals surface area contributed by atoms with Crippen LogP contribution in [0.4, 0.5) is 0 Å². The SMILES string of the molecule is CCNC(=NCC(O)c1cc(OC)cc(OC)c1)N1CCC(Oc2ccccc2)CC1.I. The predicted octanol–water partition coefficient (Wildman–Crippen LogP) is 3.86. The Hall–Kier alpha value is -2.20. The number of aliphatic imine (C=N–C) groups is 1. The molecule has 1 unspecified atom stereocenters. The number of likely N-dealkylation sites (tertiary alicyclic amines) is 1. The first-order valence-corrected chi connectivity index (χ1v) is 10.8. The number of aliphatic hydroxyl groups excluding tert-OH is 1. The van der Waals surface area contributed by atoms with Gasteiger partial charge in [-0.25, -0.2) is 0 Å². The fourth-order valence-electron chi connectivity index (χ4n) is 3.60. The number of guanidine groups is 1. The molecule has 1 saturated heterocycles. The molecule has 176 valence electrons. The number of aliphatic hydroxyl groups is 1. The highest BCUT2D eigenvalue weighted by Crippen LogP contribution is 2.27. The zero-order valence-corrected chi connectivity index (χ0v) is 21.3. The van der Waals surface area contributed by atoms with E-state index in [0.717, 1.165) is 44.2 Å². The van der Waals surface area contributed by atoms with Crippen LogP contribution in [0.1, 0.15) is 31.4 Å². The maximum atomic E-state index is 10.7. The zero-order valence-electron chi connectivity index (χ0n) is 19.0. The molecule has 1 fully saturated rings. The molecule has 0 aromatic heterocycles. The zero-order chi connectivity index (χ0) is 22.1. The Kier molecular flexibility index (Phi) is 10.9. The summed E-state index contributed by atoms with van der Waals surface area (Å²) in [5.74, 6) is 3.02. The summed E-state index contributed by atoms with van der Waals surface area (Å²) in [6, 6.07) is 15.4. The minimum absolute atomic E-state index is 0. The fraction of sp³-hybridized carbons (Fsp3) is 0.458. The molecule has 32 heavy (non-hydrogen) atoms. The van der Waals surface area contributed by atoms with E-state index in [2.05, 4.69) is 10.2 Å². The van der Waals surface area contributed by atoms with Crippen molar-refractivity contribution >= 4 is 29.9 Å². The van der Waals surface area contributed by atoms with Gasteiger partial charge in [-0.15, -0.1) is 24.0 Å². The third-order valence-corrected chi connectivity index (χ3v) is 5.29. The van der Waals surface area contributed by atoms with E-state index < -0.39 is 6.10 Å². The number of para-hydroxylation sites is 1. The minimum Gasteiger partial charge on any atom is -0.497 e. The Balaban J connectivity index is 0.00000363. The van der Waals surface area contributed by atoms with Crippen molar-refractivity contribution in [2.24, 2.45) is 4.99 Å². The van der Waals surface area contributed by atoms with Crippen molar-refractivity contribution in [1.29, 1.82) is 0 Å². The third kappa shape index (κ3) is 7.44. The molecule has 1 aliphatic heterocycles. The minimum atomic E-state index is -0.753. The van der Waals surface area contributed by atoms with E-state index in [9.17, 15) is 5.11 Å². The number of benzene rings is 2. The van der Waals surface area contributed by atoms with Gasteiger partial charge in [0.25, 0.3) is 0 Å². The topological polar surface area (TPSA) is 75.6 Å². The number of nitrogens with zero attached hydrogens (tertiary/aromatic N) is 2. The number of hydrogen-bond donors (Lipinski definition) is 2. The monoisotopic (exact) mass is 555 g/mol. The summed E-state index contributed by atoms with van der Waals surface area (Å²) in [4.78, 5) is 6.92. The summed E-state index contributed by atoms with van der Waals surface area (Å²) in [6.07, 6.45) is 1.30. The average Bonchev–Trinajstić information content (AvgIpc) is 2.82. The van der Waals surface area contributed by atoms with Crippen LogP contribution in [0.25, 0.3) is 0 Å². The van der Waals surface area contributed by atoms with Crippen molar-refractivity contribution in [3.05, 3.63) is 54.1 Å². The van der Waals surface area contributed by atoms with E-state index in [0.29, 0.717) is 17.1 Å². The Morgan fingerprint density at radius 2 is 1.69 bits per heavy atom. The second kappa shape index (κ2) is 13.4. The molecule has 0 aliphatic carbocycles. The lowest BCUT2D eigenvalue weighted by Gasteiger charge is -2.34. The quantitative estimate of drug-likeness (QED) is 0.293. The Morgan fingerprint density at radius 3 is 2.25 bits per heavy atom. The van der Waals surface area contributed by atoms with Crippen molar-refractivity contribution in [2.75, 3.05) is 40.4 Å². The van der Waals surface area contributed by atoms with Gasteiger partial charge >= 0.3 is 0 Å². The molecule has 3 rings (SSSR count). The smallest absolute Gasteiger partial charge is 0.194 e. The highest BCUT2D eigenvalue weighted by molar-refractivity contribution is 14.0. The lowest BCUT2D eigenvalue weighted by molar-refractivity contribution is 0.129. The summed E-state index contributed by atoms with van der Waals surface area (Å²) in [6.45, 7) is 4.77. The van der Waals surface area contributed by atoms with Crippen LogP contribution in [0.3, 0.4) is 0 Å². The van der Waals surface area contributed by atoms with Crippen molar-refractivity contribution in [2.45, 2.75) is 32.0 Å². The lowest BCUT2D eigenvalue weighted by atomic mass is 10.1. The number of methoxy groups -OCH3 is 2. The van der Waals surface area contributed by atoms with Crippen LogP contribution in [0, 0.1) is 0 Å². The molecule has 1 atom stereocenters. The number of ether oxygens (including phenoxy) is 3. The highest BCUT2D eigenvalue weighted by Gasteiger charge is 2.23. The first-order valence-electron chi connectivity index (χ1n) is 10.8. The van der Waals surface area contributed by atoms with Gasteiger partial charge in [0.1, 0.15) is 23.4 Å². The van der Waals surface area contributed by atoms with Gasteiger partial charge in [-0.2, -0.15) is 0 Å². The van der Waals surface area contributed by atoms with Crippen LogP contribution >= 0.6 is 24.0 Å². The predicted molar refractivity (Wildman–Crippen MR) is 138 cm³/mol. The maximum absolute atomic E-state index is 10.7. The standard InChI is InChI=1S/C24H33N3O4.HI/c1-4-25-24(26-17-23(28)18-14-21(29-2)16-22(15-18)30-3)27-12-10-20(11-13-27)31-19-8-6-5-7-9-19;/h5-9,14-16,20,23,28H,4,10-13,17H2,1-3H3,(H,25,26);1H. The molecule has 1 heterocycles. The van der Waals surface area contributed by atoms with Crippen LogP contribution in [0.2, 0.25) is 0 Å². The molecule has 1 aliphatic rings. The summed E-state index contributed by atoms with van der Waals surface area (Å²) in [5.41, 5.74) is 0.714. The number of hydrogen-bond acceptors (Lipinski definition) is 5. The Labute approximate surface area is 207 Å². The Bertz CT molecular complexity index is 820. The Morgan fingerprint density at radius 1 is 1.06 bits per heavy atom. The fourth-order valence-corrected chi connectivity index (χ4v) is 3.60. The molecule has 0 radical (unpaired) electrons. The highest BCUT2D eigenvalue weighted by atomic mass is 127. The van der Waals surface area contributed by atoms with Crippen molar-refractivity contribution < 1.29 is 19.3 Å². The van der Waals surface area contributed by atoms with Crippen LogP contribution in [0.15, 0.2) is 53.5 Å².